The summed E-state index contributed by atoms with van der Waals surface area (Å²) in [4.78, 5) is 38.4. The first-order chi connectivity index (χ1) is 14.7. The quantitative estimate of drug-likeness (QED) is 0.422. The first-order valence-corrected chi connectivity index (χ1v) is 9.73. The van der Waals surface area contributed by atoms with E-state index in [9.17, 15) is 18.8 Å². The second kappa shape index (κ2) is 8.02. The second-order valence-electron chi connectivity index (χ2n) is 6.72. The molecule has 6 nitrogen and oxygen atoms in total. The van der Waals surface area contributed by atoms with Crippen molar-refractivity contribution in [2.75, 3.05) is 4.90 Å². The number of benzene rings is 2. The molecule has 156 valence electrons. The number of imide groups is 2. The molecule has 1 fully saturated rings. The van der Waals surface area contributed by atoms with Crippen LogP contribution in [0.3, 0.4) is 0 Å². The van der Waals surface area contributed by atoms with Gasteiger partial charge in [-0.2, -0.15) is 0 Å². The molecule has 1 saturated heterocycles. The number of barbiturate groups is 1. The van der Waals surface area contributed by atoms with Gasteiger partial charge in [-0.05, 0) is 61.0 Å². The average molecular weight is 459 g/mol. The van der Waals surface area contributed by atoms with Gasteiger partial charge in [0.15, 0.2) is 0 Å². The lowest BCUT2D eigenvalue weighted by Crippen LogP contribution is -2.54. The third kappa shape index (κ3) is 3.97. The summed E-state index contributed by atoms with van der Waals surface area (Å²) in [5.74, 6) is -1.70. The summed E-state index contributed by atoms with van der Waals surface area (Å²) in [6.07, 6.45) is 1.22. The molecule has 1 aromatic heterocycles. The van der Waals surface area contributed by atoms with E-state index < -0.39 is 23.7 Å². The number of carbonyl (C=O) groups excluding carboxylic acids is 3. The Morgan fingerprint density at radius 2 is 1.77 bits per heavy atom. The largest absolute Gasteiger partial charge is 0.457 e. The van der Waals surface area contributed by atoms with Crippen LogP contribution in [0, 0.1) is 12.7 Å². The van der Waals surface area contributed by atoms with Crippen LogP contribution in [0.25, 0.3) is 17.4 Å². The Hall–Kier alpha value is -3.42. The van der Waals surface area contributed by atoms with E-state index in [0.29, 0.717) is 16.3 Å². The zero-order valence-corrected chi connectivity index (χ0v) is 17.4. The maximum atomic E-state index is 13.4. The molecular weight excluding hydrogens is 446 g/mol. The Morgan fingerprint density at radius 1 is 1.00 bits per heavy atom. The number of hydrogen-bond donors (Lipinski definition) is 1. The van der Waals surface area contributed by atoms with Crippen LogP contribution in [0.15, 0.2) is 58.5 Å². The lowest BCUT2D eigenvalue weighted by molar-refractivity contribution is -0.122. The second-order valence-corrected chi connectivity index (χ2v) is 7.54. The molecule has 3 aromatic rings. The molecule has 0 aliphatic carbocycles. The van der Waals surface area contributed by atoms with Crippen molar-refractivity contribution in [3.05, 3.63) is 81.3 Å². The minimum atomic E-state index is -0.881. The third-order valence-corrected chi connectivity index (χ3v) is 5.33. The molecule has 0 spiro atoms. The predicted octanol–water partition coefficient (Wildman–Crippen LogP) is 5.37. The van der Waals surface area contributed by atoms with Crippen LogP contribution in [0.1, 0.15) is 11.3 Å². The number of amides is 4. The molecule has 2 heterocycles. The number of hydrogen-bond acceptors (Lipinski definition) is 4. The fourth-order valence-corrected chi connectivity index (χ4v) is 3.35. The molecule has 0 bridgehead atoms. The SMILES string of the molecule is Cc1ccc(N2C(=O)NC(=O)/C(=C\c3ccc(-c4ccc(F)c(Cl)c4)o3)C2=O)cc1Cl. The first-order valence-electron chi connectivity index (χ1n) is 8.97. The zero-order chi connectivity index (χ0) is 22.3. The maximum Gasteiger partial charge on any atom is 0.335 e. The third-order valence-electron chi connectivity index (χ3n) is 4.63. The number of aryl methyl sites for hydroxylation is 1. The molecule has 4 rings (SSSR count). The highest BCUT2D eigenvalue weighted by Crippen LogP contribution is 2.29. The van der Waals surface area contributed by atoms with Crippen LogP contribution in [0.5, 0.6) is 0 Å². The maximum absolute atomic E-state index is 13.4. The lowest BCUT2D eigenvalue weighted by atomic mass is 10.1. The predicted molar refractivity (Wildman–Crippen MR) is 114 cm³/mol. The van der Waals surface area contributed by atoms with Crippen molar-refractivity contribution in [2.45, 2.75) is 6.92 Å². The Bertz CT molecular complexity index is 1280. The summed E-state index contributed by atoms with van der Waals surface area (Å²) < 4.78 is 19.0. The minimum Gasteiger partial charge on any atom is -0.457 e. The van der Waals surface area contributed by atoms with E-state index in [1.807, 2.05) is 0 Å². The fourth-order valence-electron chi connectivity index (χ4n) is 2.99. The molecule has 1 aliphatic rings. The van der Waals surface area contributed by atoms with Crippen LogP contribution >= 0.6 is 23.2 Å². The van der Waals surface area contributed by atoms with Gasteiger partial charge in [-0.1, -0.05) is 29.3 Å². The van der Waals surface area contributed by atoms with E-state index in [1.165, 1.54) is 36.4 Å². The molecule has 0 saturated carbocycles. The molecule has 1 aliphatic heterocycles. The fraction of sp³-hybridized carbons (Fsp3) is 0.0455. The average Bonchev–Trinajstić information content (AvgIpc) is 3.18. The number of carbonyl (C=O) groups is 3. The van der Waals surface area contributed by atoms with Gasteiger partial charge in [0.05, 0.1) is 10.7 Å². The normalized spacial score (nSPS) is 15.5. The summed E-state index contributed by atoms with van der Waals surface area (Å²) in [5.41, 5.74) is 1.21. The molecule has 4 amide bonds. The topological polar surface area (TPSA) is 79.6 Å². The Kier molecular flexibility index (Phi) is 5.39. The Balaban J connectivity index is 1.68. The summed E-state index contributed by atoms with van der Waals surface area (Å²) in [7, 11) is 0. The van der Waals surface area contributed by atoms with E-state index in [4.69, 9.17) is 27.6 Å². The summed E-state index contributed by atoms with van der Waals surface area (Å²) in [5, 5.41) is 2.43. The molecule has 31 heavy (non-hydrogen) atoms. The van der Waals surface area contributed by atoms with E-state index in [1.54, 1.807) is 25.1 Å². The summed E-state index contributed by atoms with van der Waals surface area (Å²) in [6.45, 7) is 1.78. The van der Waals surface area contributed by atoms with Gasteiger partial charge >= 0.3 is 6.03 Å². The van der Waals surface area contributed by atoms with Gasteiger partial charge in [-0.3, -0.25) is 14.9 Å². The molecule has 1 N–H and O–H groups in total. The van der Waals surface area contributed by atoms with Crippen molar-refractivity contribution in [1.82, 2.24) is 5.32 Å². The van der Waals surface area contributed by atoms with Gasteiger partial charge in [-0.15, -0.1) is 0 Å². The molecule has 0 atom stereocenters. The van der Waals surface area contributed by atoms with Crippen LogP contribution in [0.2, 0.25) is 10.0 Å². The summed E-state index contributed by atoms with van der Waals surface area (Å²) in [6, 6.07) is 11.0. The van der Waals surface area contributed by atoms with Crippen LogP contribution < -0.4 is 10.2 Å². The molecular formula is C22H13Cl2FN2O4. The van der Waals surface area contributed by atoms with Gasteiger partial charge in [0.1, 0.15) is 22.9 Å². The highest BCUT2D eigenvalue weighted by molar-refractivity contribution is 6.39. The van der Waals surface area contributed by atoms with Crippen molar-refractivity contribution in [1.29, 1.82) is 0 Å². The molecule has 0 unspecified atom stereocenters. The van der Waals surface area contributed by atoms with Crippen molar-refractivity contribution < 1.29 is 23.2 Å². The standard InChI is InChI=1S/C22H13Cl2FN2O4/c1-11-2-4-13(9-16(11)23)27-21(29)15(20(28)26-22(27)30)10-14-5-7-19(31-14)12-3-6-18(25)17(24)8-12/h2-10H,1H3,(H,26,28,30)/b15-10+. The highest BCUT2D eigenvalue weighted by Gasteiger charge is 2.37. The number of nitrogens with one attached hydrogen (secondary N) is 1. The van der Waals surface area contributed by atoms with Crippen LogP contribution in [-0.2, 0) is 9.59 Å². The van der Waals surface area contributed by atoms with Crippen molar-refractivity contribution in [3.8, 4) is 11.3 Å². The van der Waals surface area contributed by atoms with Gasteiger partial charge in [0.2, 0.25) is 0 Å². The van der Waals surface area contributed by atoms with Gasteiger partial charge in [0.25, 0.3) is 11.8 Å². The van der Waals surface area contributed by atoms with Crippen molar-refractivity contribution >= 4 is 52.8 Å². The Morgan fingerprint density at radius 3 is 2.48 bits per heavy atom. The summed E-state index contributed by atoms with van der Waals surface area (Å²) >= 11 is 11.9. The van der Waals surface area contributed by atoms with E-state index in [2.05, 4.69) is 5.32 Å². The van der Waals surface area contributed by atoms with Crippen LogP contribution in [-0.4, -0.2) is 17.8 Å². The highest BCUT2D eigenvalue weighted by atomic mass is 35.5. The van der Waals surface area contributed by atoms with E-state index in [-0.39, 0.29) is 22.0 Å². The molecule has 2 aromatic carbocycles. The number of urea groups is 1. The molecule has 9 heteroatoms. The van der Waals surface area contributed by atoms with E-state index >= 15 is 0 Å². The monoisotopic (exact) mass is 458 g/mol. The molecule has 0 radical (unpaired) electrons. The smallest absolute Gasteiger partial charge is 0.335 e. The van der Waals surface area contributed by atoms with Crippen molar-refractivity contribution in [2.24, 2.45) is 0 Å². The van der Waals surface area contributed by atoms with Gasteiger partial charge in [0, 0.05) is 10.6 Å². The van der Waals surface area contributed by atoms with Gasteiger partial charge in [-0.25, -0.2) is 14.1 Å². The Labute approximate surface area is 185 Å². The lowest BCUT2D eigenvalue weighted by Gasteiger charge is -2.26. The van der Waals surface area contributed by atoms with Crippen LogP contribution in [0.4, 0.5) is 14.9 Å². The van der Waals surface area contributed by atoms with E-state index in [0.717, 1.165) is 10.5 Å². The number of nitrogens with zero attached hydrogens (tertiary/aromatic N) is 1. The zero-order valence-electron chi connectivity index (χ0n) is 15.9. The van der Waals surface area contributed by atoms with Crippen molar-refractivity contribution in [3.63, 3.8) is 0 Å². The van der Waals surface area contributed by atoms with Gasteiger partial charge < -0.3 is 4.42 Å². The number of halogens is 3. The first kappa shape index (κ1) is 20.8. The number of furan rings is 1. The number of rotatable bonds is 3. The minimum absolute atomic E-state index is 0.0680. The number of anilines is 1.